The van der Waals surface area contributed by atoms with Gasteiger partial charge in [-0.3, -0.25) is 9.59 Å². The first kappa shape index (κ1) is 14.9. The summed E-state index contributed by atoms with van der Waals surface area (Å²) in [4.78, 5) is 23.8. The monoisotopic (exact) mass is 293 g/mol. The smallest absolute Gasteiger partial charge is 0.309 e. The van der Waals surface area contributed by atoms with Gasteiger partial charge < -0.3 is 10.4 Å². The lowest BCUT2D eigenvalue weighted by Gasteiger charge is -2.70. The molecule has 0 saturated heterocycles. The van der Waals surface area contributed by atoms with Crippen molar-refractivity contribution >= 4 is 11.9 Å². The fourth-order valence-electron chi connectivity index (χ4n) is 6.57. The quantitative estimate of drug-likeness (QED) is 0.840. The molecule has 4 heteroatoms. The van der Waals surface area contributed by atoms with Gasteiger partial charge in [0.25, 0.3) is 0 Å². The molecule has 4 aliphatic rings. The van der Waals surface area contributed by atoms with Gasteiger partial charge in [-0.1, -0.05) is 20.8 Å². The van der Waals surface area contributed by atoms with E-state index in [1.165, 1.54) is 0 Å². The van der Waals surface area contributed by atoms with Crippen LogP contribution in [0.3, 0.4) is 0 Å². The van der Waals surface area contributed by atoms with E-state index in [1.807, 2.05) is 0 Å². The Bertz CT molecular complexity index is 516. The first-order valence-corrected chi connectivity index (χ1v) is 8.07. The van der Waals surface area contributed by atoms with Crippen LogP contribution in [0.5, 0.6) is 0 Å². The van der Waals surface area contributed by atoms with Crippen LogP contribution in [0.25, 0.3) is 0 Å². The van der Waals surface area contributed by atoms with Gasteiger partial charge >= 0.3 is 5.97 Å². The minimum atomic E-state index is -0.660. The predicted molar refractivity (Wildman–Crippen MR) is 79.7 cm³/mol. The molecule has 0 unspecified atom stereocenters. The Morgan fingerprint density at radius 3 is 2.24 bits per heavy atom. The molecule has 4 rings (SSSR count). The number of nitrogens with one attached hydrogen (secondary N) is 1. The maximum Gasteiger partial charge on any atom is 0.309 e. The van der Waals surface area contributed by atoms with Gasteiger partial charge in [-0.05, 0) is 55.3 Å². The van der Waals surface area contributed by atoms with E-state index in [2.05, 4.69) is 26.1 Å². The van der Waals surface area contributed by atoms with Crippen LogP contribution in [0, 0.1) is 22.2 Å². The summed E-state index contributed by atoms with van der Waals surface area (Å²) < 4.78 is 0. The van der Waals surface area contributed by atoms with Crippen molar-refractivity contribution in [2.24, 2.45) is 22.2 Å². The molecule has 4 bridgehead atoms. The zero-order valence-electron chi connectivity index (χ0n) is 13.6. The van der Waals surface area contributed by atoms with E-state index in [1.54, 1.807) is 6.92 Å². The highest BCUT2D eigenvalue weighted by Gasteiger charge is 2.69. The summed E-state index contributed by atoms with van der Waals surface area (Å²) in [6, 6.07) is 0. The molecule has 2 N–H and O–H groups in total. The summed E-state index contributed by atoms with van der Waals surface area (Å²) >= 11 is 0. The molecule has 4 atom stereocenters. The number of amides is 1. The molecular weight excluding hydrogens is 266 g/mol. The van der Waals surface area contributed by atoms with E-state index in [4.69, 9.17) is 0 Å². The third kappa shape index (κ3) is 2.01. The third-order valence-electron chi connectivity index (χ3n) is 6.49. The van der Waals surface area contributed by atoms with Crippen LogP contribution in [0.15, 0.2) is 0 Å². The SMILES string of the molecule is CC(=O)N[C@@]12C[C@@]3(C)C[C@@](C(=O)O)(C1)C[C@](C(C)C)(C3)C2. The van der Waals surface area contributed by atoms with Gasteiger partial charge in [-0.25, -0.2) is 0 Å². The molecule has 0 spiro atoms. The fraction of sp³-hybridized carbons (Fsp3) is 0.882. The molecule has 0 radical (unpaired) electrons. The van der Waals surface area contributed by atoms with Crippen LogP contribution in [-0.4, -0.2) is 22.5 Å². The molecule has 118 valence electrons. The van der Waals surface area contributed by atoms with Crippen molar-refractivity contribution in [3.63, 3.8) is 0 Å². The molecule has 0 aliphatic heterocycles. The Morgan fingerprint density at radius 1 is 1.05 bits per heavy atom. The summed E-state index contributed by atoms with van der Waals surface area (Å²) in [6.07, 6.45) is 5.15. The number of carbonyl (C=O) groups excluding carboxylic acids is 1. The van der Waals surface area contributed by atoms with Crippen LogP contribution in [0.4, 0.5) is 0 Å². The number of rotatable bonds is 3. The van der Waals surface area contributed by atoms with E-state index in [9.17, 15) is 14.7 Å². The van der Waals surface area contributed by atoms with Crippen molar-refractivity contribution in [2.45, 2.75) is 71.8 Å². The zero-order chi connectivity index (χ0) is 15.7. The second kappa shape index (κ2) is 4.02. The Balaban J connectivity index is 2.11. The number of carbonyl (C=O) groups is 2. The lowest BCUT2D eigenvalue weighted by molar-refractivity contribution is -0.206. The van der Waals surface area contributed by atoms with Gasteiger partial charge in [0.1, 0.15) is 0 Å². The Kier molecular flexibility index (Phi) is 2.84. The third-order valence-corrected chi connectivity index (χ3v) is 6.49. The van der Waals surface area contributed by atoms with Crippen molar-refractivity contribution in [3.8, 4) is 0 Å². The summed E-state index contributed by atoms with van der Waals surface area (Å²) in [7, 11) is 0. The summed E-state index contributed by atoms with van der Waals surface area (Å²) in [5.74, 6) is -0.239. The lowest BCUT2D eigenvalue weighted by atomic mass is 9.36. The number of aliphatic carboxylic acids is 1. The highest BCUT2D eigenvalue weighted by molar-refractivity contribution is 5.78. The maximum absolute atomic E-state index is 12.1. The summed E-state index contributed by atoms with van der Waals surface area (Å²) in [5, 5.41) is 13.1. The second-order valence-corrected chi connectivity index (χ2v) is 8.94. The van der Waals surface area contributed by atoms with Gasteiger partial charge in [0.15, 0.2) is 0 Å². The molecule has 0 heterocycles. The predicted octanol–water partition coefficient (Wildman–Crippen LogP) is 2.96. The van der Waals surface area contributed by atoms with E-state index in [0.29, 0.717) is 12.3 Å². The first-order valence-electron chi connectivity index (χ1n) is 8.07. The molecule has 4 aliphatic carbocycles. The lowest BCUT2D eigenvalue weighted by Crippen LogP contribution is -2.70. The normalized spacial score (nSPS) is 47.7. The van der Waals surface area contributed by atoms with Gasteiger partial charge in [0.05, 0.1) is 5.41 Å². The summed E-state index contributed by atoms with van der Waals surface area (Å²) in [6.45, 7) is 8.22. The standard InChI is InChI=1S/C17H27NO3/c1-11(2)15-5-14(4)6-16(8-15,13(20)21)10-17(7-14,9-15)18-12(3)19/h11H,5-10H2,1-4H3,(H,18,19)(H,20,21)/t14-,15-,16+,17-/m1/s1. The van der Waals surface area contributed by atoms with Crippen molar-refractivity contribution in [1.29, 1.82) is 0 Å². The van der Waals surface area contributed by atoms with Gasteiger partial charge in [0.2, 0.25) is 5.91 Å². The molecule has 4 nitrogen and oxygen atoms in total. The van der Waals surface area contributed by atoms with Crippen LogP contribution in [-0.2, 0) is 9.59 Å². The average molecular weight is 293 g/mol. The Labute approximate surface area is 126 Å². The molecular formula is C17H27NO3. The minimum Gasteiger partial charge on any atom is -0.481 e. The molecule has 1 amide bonds. The van der Waals surface area contributed by atoms with Crippen molar-refractivity contribution in [3.05, 3.63) is 0 Å². The molecule has 0 aromatic rings. The van der Waals surface area contributed by atoms with Crippen LogP contribution < -0.4 is 5.32 Å². The molecule has 4 fully saturated rings. The highest BCUT2D eigenvalue weighted by atomic mass is 16.4. The van der Waals surface area contributed by atoms with Crippen molar-refractivity contribution in [2.75, 3.05) is 0 Å². The number of carboxylic acids is 1. The van der Waals surface area contributed by atoms with E-state index in [-0.39, 0.29) is 22.3 Å². The first-order chi connectivity index (χ1) is 9.55. The van der Waals surface area contributed by atoms with Crippen LogP contribution in [0.2, 0.25) is 0 Å². The van der Waals surface area contributed by atoms with Crippen LogP contribution in [0.1, 0.15) is 66.2 Å². The fourth-order valence-corrected chi connectivity index (χ4v) is 6.57. The highest BCUT2D eigenvalue weighted by Crippen LogP contribution is 2.72. The Morgan fingerprint density at radius 2 is 1.71 bits per heavy atom. The van der Waals surface area contributed by atoms with E-state index >= 15 is 0 Å². The van der Waals surface area contributed by atoms with Crippen molar-refractivity contribution < 1.29 is 14.7 Å². The molecule has 0 aromatic carbocycles. The number of carboxylic acid groups (broad SMARTS) is 1. The zero-order valence-corrected chi connectivity index (χ0v) is 13.6. The molecule has 4 saturated carbocycles. The second-order valence-electron chi connectivity index (χ2n) is 8.94. The number of hydrogen-bond donors (Lipinski definition) is 2. The topological polar surface area (TPSA) is 66.4 Å². The minimum absolute atomic E-state index is 0.0278. The van der Waals surface area contributed by atoms with Crippen LogP contribution >= 0.6 is 0 Å². The van der Waals surface area contributed by atoms with Gasteiger partial charge in [-0.2, -0.15) is 0 Å². The van der Waals surface area contributed by atoms with E-state index in [0.717, 1.165) is 32.1 Å². The number of hydrogen-bond acceptors (Lipinski definition) is 2. The van der Waals surface area contributed by atoms with Gasteiger partial charge in [-0.15, -0.1) is 0 Å². The molecule has 21 heavy (non-hydrogen) atoms. The van der Waals surface area contributed by atoms with Gasteiger partial charge in [0, 0.05) is 12.5 Å². The average Bonchev–Trinajstić information content (AvgIpc) is 2.22. The van der Waals surface area contributed by atoms with E-state index < -0.39 is 11.4 Å². The maximum atomic E-state index is 12.1. The Hall–Kier alpha value is -1.06. The summed E-state index contributed by atoms with van der Waals surface area (Å²) in [5.41, 5.74) is -0.849. The molecule has 0 aromatic heterocycles. The van der Waals surface area contributed by atoms with Crippen molar-refractivity contribution in [1.82, 2.24) is 5.32 Å². The largest absolute Gasteiger partial charge is 0.481 e.